The van der Waals surface area contributed by atoms with E-state index in [-0.39, 0.29) is 16.9 Å². The molecule has 1 rings (SSSR count). The molecular weight excluding hydrogens is 274 g/mol. The lowest BCUT2D eigenvalue weighted by atomic mass is 9.96. The van der Waals surface area contributed by atoms with Crippen LogP contribution in [0.4, 0.5) is 0 Å². The van der Waals surface area contributed by atoms with Crippen molar-refractivity contribution in [3.8, 4) is 0 Å². The highest BCUT2D eigenvalue weighted by atomic mass is 35.5. The number of nitrogens with zero attached hydrogens (tertiary/aromatic N) is 2. The Labute approximate surface area is 113 Å². The fourth-order valence-corrected chi connectivity index (χ4v) is 2.93. The molecule has 0 aliphatic rings. The number of halogens is 1. The highest BCUT2D eigenvalue weighted by Gasteiger charge is 2.21. The zero-order chi connectivity index (χ0) is 14.0. The predicted molar refractivity (Wildman–Crippen MR) is 72.2 cm³/mol. The van der Waals surface area contributed by atoms with Gasteiger partial charge in [0.1, 0.15) is 11.6 Å². The van der Waals surface area contributed by atoms with E-state index in [2.05, 4.69) is 15.2 Å². The number of H-pyrrole nitrogens is 1. The number of aromatic nitrogens is 3. The van der Waals surface area contributed by atoms with E-state index < -0.39 is 9.84 Å². The van der Waals surface area contributed by atoms with E-state index >= 15 is 0 Å². The minimum atomic E-state index is -3.26. The molecule has 1 N–H and O–H groups in total. The lowest BCUT2D eigenvalue weighted by molar-refractivity contribution is 0.547. The van der Waals surface area contributed by atoms with Crippen LogP contribution < -0.4 is 0 Å². The lowest BCUT2D eigenvalue weighted by Gasteiger charge is -2.11. The van der Waals surface area contributed by atoms with Crippen molar-refractivity contribution in [2.75, 3.05) is 5.75 Å². The highest BCUT2D eigenvalue weighted by Crippen LogP contribution is 2.18. The average molecular weight is 292 g/mol. The van der Waals surface area contributed by atoms with Crippen molar-refractivity contribution in [1.82, 2.24) is 15.2 Å². The Morgan fingerprint density at radius 2 is 2.06 bits per heavy atom. The summed E-state index contributed by atoms with van der Waals surface area (Å²) < 4.78 is 23.7. The Balaban J connectivity index is 2.83. The highest BCUT2D eigenvalue weighted by molar-refractivity contribution is 7.90. The fraction of sp³-hybridized carbons (Fsp3) is 0.636. The number of aromatic amines is 1. The number of hydrogen-bond acceptors (Lipinski definition) is 4. The van der Waals surface area contributed by atoms with Crippen LogP contribution in [0, 0.1) is 0 Å². The van der Waals surface area contributed by atoms with Gasteiger partial charge in [-0.25, -0.2) is 13.4 Å². The molecule has 0 fully saturated rings. The first kappa shape index (κ1) is 15.2. The standard InChI is InChI=1S/C11H18ClN3O2S/c1-8(5-12)6-18(16,17)7-9-13-10(15-14-9)11(2,3)4/h5H,6-7H2,1-4H3,(H,13,14,15)/b8-5+. The number of rotatable bonds is 4. The minimum Gasteiger partial charge on any atom is -0.262 e. The van der Waals surface area contributed by atoms with E-state index in [1.807, 2.05) is 20.8 Å². The first-order chi connectivity index (χ1) is 8.14. The smallest absolute Gasteiger partial charge is 0.161 e. The molecule has 1 heterocycles. The van der Waals surface area contributed by atoms with Gasteiger partial charge < -0.3 is 0 Å². The van der Waals surface area contributed by atoms with Gasteiger partial charge in [-0.1, -0.05) is 32.4 Å². The molecule has 102 valence electrons. The van der Waals surface area contributed by atoms with E-state index in [1.165, 1.54) is 5.54 Å². The maximum absolute atomic E-state index is 11.8. The van der Waals surface area contributed by atoms with E-state index in [0.717, 1.165) is 0 Å². The minimum absolute atomic E-state index is 0.0674. The van der Waals surface area contributed by atoms with Gasteiger partial charge in [-0.3, -0.25) is 5.10 Å². The van der Waals surface area contributed by atoms with Crippen LogP contribution in [0.2, 0.25) is 0 Å². The van der Waals surface area contributed by atoms with Crippen LogP contribution >= 0.6 is 11.6 Å². The first-order valence-corrected chi connectivity index (χ1v) is 7.78. The molecule has 0 amide bonds. The molecule has 0 atom stereocenters. The molecule has 0 aromatic carbocycles. The largest absolute Gasteiger partial charge is 0.262 e. The van der Waals surface area contributed by atoms with E-state index in [9.17, 15) is 8.42 Å². The average Bonchev–Trinajstić information content (AvgIpc) is 2.63. The van der Waals surface area contributed by atoms with Gasteiger partial charge in [0.2, 0.25) is 0 Å². The van der Waals surface area contributed by atoms with Crippen molar-refractivity contribution in [1.29, 1.82) is 0 Å². The molecule has 0 spiro atoms. The van der Waals surface area contributed by atoms with Crippen molar-refractivity contribution in [2.24, 2.45) is 0 Å². The summed E-state index contributed by atoms with van der Waals surface area (Å²) in [7, 11) is -3.26. The predicted octanol–water partition coefficient (Wildman–Crippen LogP) is 2.16. The van der Waals surface area contributed by atoms with Crippen LogP contribution in [0.25, 0.3) is 0 Å². The van der Waals surface area contributed by atoms with Crippen molar-refractivity contribution >= 4 is 21.4 Å². The van der Waals surface area contributed by atoms with Gasteiger partial charge in [-0.05, 0) is 12.5 Å². The lowest BCUT2D eigenvalue weighted by Crippen LogP contribution is -2.14. The molecule has 18 heavy (non-hydrogen) atoms. The van der Waals surface area contributed by atoms with Crippen molar-refractivity contribution in [2.45, 2.75) is 38.9 Å². The fourth-order valence-electron chi connectivity index (χ4n) is 1.33. The Hall–Kier alpha value is -0.880. The topological polar surface area (TPSA) is 75.7 Å². The molecule has 0 bridgehead atoms. The summed E-state index contributed by atoms with van der Waals surface area (Å²) >= 11 is 5.46. The quantitative estimate of drug-likeness (QED) is 0.922. The zero-order valence-corrected chi connectivity index (χ0v) is 12.6. The van der Waals surface area contributed by atoms with E-state index in [1.54, 1.807) is 6.92 Å². The van der Waals surface area contributed by atoms with Crippen molar-refractivity contribution in [3.63, 3.8) is 0 Å². The maximum atomic E-state index is 11.8. The van der Waals surface area contributed by atoms with Gasteiger partial charge in [0, 0.05) is 11.0 Å². The SMILES string of the molecule is C/C(=C\Cl)CS(=O)(=O)Cc1nc(C(C)(C)C)n[nH]1. The molecule has 1 aromatic heterocycles. The second kappa shape index (κ2) is 5.40. The Kier molecular flexibility index (Phi) is 4.55. The van der Waals surface area contributed by atoms with Crippen molar-refractivity contribution < 1.29 is 8.42 Å². The summed E-state index contributed by atoms with van der Waals surface area (Å²) in [4.78, 5) is 4.20. The molecule has 0 saturated carbocycles. The molecule has 1 aromatic rings. The number of sulfone groups is 1. The monoisotopic (exact) mass is 291 g/mol. The maximum Gasteiger partial charge on any atom is 0.161 e. The number of hydrogen-bond donors (Lipinski definition) is 1. The van der Waals surface area contributed by atoms with Gasteiger partial charge in [0.05, 0.1) is 5.75 Å². The Bertz CT molecular complexity index is 541. The molecule has 5 nitrogen and oxygen atoms in total. The van der Waals surface area contributed by atoms with Gasteiger partial charge in [-0.15, -0.1) is 0 Å². The van der Waals surface area contributed by atoms with Gasteiger partial charge in [-0.2, -0.15) is 5.10 Å². The van der Waals surface area contributed by atoms with Gasteiger partial charge in [0.15, 0.2) is 15.7 Å². The molecular formula is C11H18ClN3O2S. The summed E-state index contributed by atoms with van der Waals surface area (Å²) in [6.45, 7) is 7.57. The second-order valence-electron chi connectivity index (χ2n) is 5.34. The summed E-state index contributed by atoms with van der Waals surface area (Å²) in [6, 6.07) is 0. The van der Waals surface area contributed by atoms with Crippen LogP contribution in [-0.2, 0) is 21.0 Å². The molecule has 0 radical (unpaired) electrons. The van der Waals surface area contributed by atoms with Crippen molar-refractivity contribution in [3.05, 3.63) is 22.8 Å². The zero-order valence-electron chi connectivity index (χ0n) is 11.0. The summed E-state index contributed by atoms with van der Waals surface area (Å²) in [5.74, 6) is 0.750. The Morgan fingerprint density at radius 1 is 1.44 bits per heavy atom. The first-order valence-electron chi connectivity index (χ1n) is 5.52. The second-order valence-corrected chi connectivity index (χ2v) is 7.63. The molecule has 0 aliphatic carbocycles. The molecule has 0 unspecified atom stereocenters. The van der Waals surface area contributed by atoms with Crippen LogP contribution in [0.15, 0.2) is 11.1 Å². The van der Waals surface area contributed by atoms with E-state index in [4.69, 9.17) is 11.6 Å². The molecule has 7 heteroatoms. The molecule has 0 saturated heterocycles. The third-order valence-corrected chi connectivity index (χ3v) is 4.17. The summed E-state index contributed by atoms with van der Waals surface area (Å²) in [5, 5.41) is 6.70. The van der Waals surface area contributed by atoms with Crippen LogP contribution in [0.3, 0.4) is 0 Å². The normalized spacial score (nSPS) is 13.9. The summed E-state index contributed by atoms with van der Waals surface area (Å²) in [5.41, 5.74) is 1.68. The van der Waals surface area contributed by atoms with Crippen LogP contribution in [-0.4, -0.2) is 29.4 Å². The third kappa shape index (κ3) is 4.42. The van der Waals surface area contributed by atoms with Gasteiger partial charge in [0.25, 0.3) is 0 Å². The van der Waals surface area contributed by atoms with E-state index in [0.29, 0.717) is 17.2 Å². The van der Waals surface area contributed by atoms with Crippen LogP contribution in [0.5, 0.6) is 0 Å². The number of nitrogens with one attached hydrogen (secondary N) is 1. The third-order valence-electron chi connectivity index (χ3n) is 2.19. The Morgan fingerprint density at radius 3 is 2.50 bits per heavy atom. The molecule has 0 aliphatic heterocycles. The van der Waals surface area contributed by atoms with Gasteiger partial charge >= 0.3 is 0 Å². The van der Waals surface area contributed by atoms with Crippen LogP contribution in [0.1, 0.15) is 39.3 Å². The summed E-state index contributed by atoms with van der Waals surface area (Å²) in [6.07, 6.45) is 0.